The standard InChI is InChI=1S/C13H17N2S.HI/c1-13(2,3)11-9-16-12(14-11)10-5-7-15(4)8-6-10;/h5-6,9H,7H2,1-4H3;1H/q+1;/p-1. The quantitative estimate of drug-likeness (QED) is 0.522. The Hall–Kier alpha value is -0.450. The lowest BCUT2D eigenvalue weighted by molar-refractivity contribution is -0.00000371. The maximum atomic E-state index is 4.69. The van der Waals surface area contributed by atoms with E-state index in [1.807, 2.05) is 18.0 Å². The molecule has 0 bridgehead atoms. The largest absolute Gasteiger partial charge is 1.00 e. The van der Waals surface area contributed by atoms with E-state index in [1.165, 1.54) is 11.3 Å². The number of halogens is 1. The van der Waals surface area contributed by atoms with Gasteiger partial charge in [-0.25, -0.2) is 4.98 Å². The van der Waals surface area contributed by atoms with E-state index in [9.17, 15) is 0 Å². The topological polar surface area (TPSA) is 16.1 Å². The van der Waals surface area contributed by atoms with Gasteiger partial charge in [-0.1, -0.05) is 20.8 Å². The molecule has 2 rings (SSSR count). The molecular formula is C13H17IN2S. The molecule has 1 aliphatic heterocycles. The monoisotopic (exact) mass is 360 g/mol. The van der Waals surface area contributed by atoms with Crippen LogP contribution in [-0.4, -0.2) is 23.5 Å². The number of allylic oxidation sites excluding steroid dienone is 2. The molecule has 0 saturated heterocycles. The first kappa shape index (κ1) is 14.6. The Morgan fingerprint density at radius 3 is 2.59 bits per heavy atom. The normalized spacial score (nSPS) is 15.1. The summed E-state index contributed by atoms with van der Waals surface area (Å²) >= 11 is 1.72. The Morgan fingerprint density at radius 1 is 1.41 bits per heavy atom. The fraction of sp³-hybridized carbons (Fsp3) is 0.462. The van der Waals surface area contributed by atoms with Gasteiger partial charge < -0.3 is 24.0 Å². The van der Waals surface area contributed by atoms with Gasteiger partial charge in [-0.05, 0) is 0 Å². The average molecular weight is 360 g/mol. The summed E-state index contributed by atoms with van der Waals surface area (Å²) in [5, 5.41) is 3.26. The van der Waals surface area contributed by atoms with Crippen LogP contribution in [0.1, 0.15) is 31.5 Å². The van der Waals surface area contributed by atoms with Crippen molar-refractivity contribution in [1.82, 2.24) is 9.88 Å². The molecule has 0 aliphatic carbocycles. The third kappa shape index (κ3) is 3.50. The van der Waals surface area contributed by atoms with Gasteiger partial charge in [-0.2, -0.15) is 0 Å². The van der Waals surface area contributed by atoms with Crippen LogP contribution in [0.5, 0.6) is 0 Å². The fourth-order valence-corrected chi connectivity index (χ4v) is 2.49. The number of hydrogen-bond donors (Lipinski definition) is 0. The molecule has 0 radical (unpaired) electrons. The molecule has 1 aromatic rings. The summed E-state index contributed by atoms with van der Waals surface area (Å²) < 4.78 is 0. The second-order valence-corrected chi connectivity index (χ2v) is 5.96. The second-order valence-electron chi connectivity index (χ2n) is 5.10. The van der Waals surface area contributed by atoms with Crippen LogP contribution in [0, 0.1) is 6.20 Å². The number of thiazole rings is 1. The third-order valence-corrected chi connectivity index (χ3v) is 3.44. The number of hydrogen-bond acceptors (Lipinski definition) is 3. The van der Waals surface area contributed by atoms with Gasteiger partial charge in [-0.15, -0.1) is 11.3 Å². The Kier molecular flexibility index (Phi) is 4.69. The molecule has 0 aromatic carbocycles. The molecule has 0 atom stereocenters. The van der Waals surface area contributed by atoms with Gasteiger partial charge in [0.1, 0.15) is 0 Å². The van der Waals surface area contributed by atoms with Crippen molar-refractivity contribution in [2.24, 2.45) is 0 Å². The molecule has 2 heterocycles. The van der Waals surface area contributed by atoms with Crippen molar-refractivity contribution < 1.29 is 24.0 Å². The van der Waals surface area contributed by atoms with Gasteiger partial charge in [0.05, 0.1) is 12.2 Å². The molecule has 2 nitrogen and oxygen atoms in total. The highest BCUT2D eigenvalue weighted by Gasteiger charge is 2.22. The highest BCUT2D eigenvalue weighted by molar-refractivity contribution is 7.10. The highest BCUT2D eigenvalue weighted by Crippen LogP contribution is 2.28. The molecule has 1 aromatic heterocycles. The van der Waals surface area contributed by atoms with Crippen molar-refractivity contribution >= 4 is 16.9 Å². The van der Waals surface area contributed by atoms with Crippen LogP contribution in [0.3, 0.4) is 0 Å². The Labute approximate surface area is 124 Å². The SMILES string of the molecule is CN1[C+]=CC(c2nc(C(C)(C)C)cs2)=CC1.[I-]. The summed E-state index contributed by atoms with van der Waals surface area (Å²) in [5.41, 5.74) is 2.49. The molecule has 1 aliphatic rings. The number of likely N-dealkylation sites (N-methyl/N-ethyl adjacent to an activating group) is 1. The van der Waals surface area contributed by atoms with Crippen LogP contribution in [0.15, 0.2) is 17.5 Å². The first-order valence-corrected chi connectivity index (χ1v) is 6.32. The van der Waals surface area contributed by atoms with Gasteiger partial charge in [-0.3, -0.25) is 4.90 Å². The van der Waals surface area contributed by atoms with E-state index in [0.717, 1.165) is 11.6 Å². The first-order valence-electron chi connectivity index (χ1n) is 5.44. The maximum Gasteiger partial charge on any atom is 0.209 e. The number of nitrogens with zero attached hydrogens (tertiary/aromatic N) is 2. The predicted octanol–water partition coefficient (Wildman–Crippen LogP) is 0.0903. The molecule has 92 valence electrons. The summed E-state index contributed by atoms with van der Waals surface area (Å²) in [6, 6.07) is 0. The van der Waals surface area contributed by atoms with Crippen molar-refractivity contribution in [3.63, 3.8) is 0 Å². The average Bonchev–Trinajstić information content (AvgIpc) is 2.67. The smallest absolute Gasteiger partial charge is 0.209 e. The predicted molar refractivity (Wildman–Crippen MR) is 69.2 cm³/mol. The van der Waals surface area contributed by atoms with Gasteiger partial charge in [0, 0.05) is 23.9 Å². The van der Waals surface area contributed by atoms with Crippen LogP contribution in [-0.2, 0) is 5.41 Å². The van der Waals surface area contributed by atoms with Gasteiger partial charge >= 0.3 is 0 Å². The lowest BCUT2D eigenvalue weighted by atomic mass is 9.93. The second kappa shape index (κ2) is 5.46. The van der Waals surface area contributed by atoms with E-state index >= 15 is 0 Å². The van der Waals surface area contributed by atoms with Gasteiger partial charge in [0.2, 0.25) is 5.01 Å². The fourth-order valence-electron chi connectivity index (χ4n) is 1.43. The van der Waals surface area contributed by atoms with Gasteiger partial charge in [0.25, 0.3) is 0 Å². The van der Waals surface area contributed by atoms with Crippen molar-refractivity contribution in [2.75, 3.05) is 13.6 Å². The van der Waals surface area contributed by atoms with E-state index < -0.39 is 0 Å². The van der Waals surface area contributed by atoms with Crippen molar-refractivity contribution in [3.05, 3.63) is 34.4 Å². The maximum absolute atomic E-state index is 4.69. The highest BCUT2D eigenvalue weighted by atomic mass is 127. The van der Waals surface area contributed by atoms with Crippen molar-refractivity contribution in [1.29, 1.82) is 0 Å². The summed E-state index contributed by atoms with van der Waals surface area (Å²) in [4.78, 5) is 6.72. The molecule has 0 amide bonds. The summed E-state index contributed by atoms with van der Waals surface area (Å²) in [6.07, 6.45) is 7.39. The molecule has 0 spiro atoms. The summed E-state index contributed by atoms with van der Waals surface area (Å²) in [6.45, 7) is 7.49. The van der Waals surface area contributed by atoms with E-state index in [-0.39, 0.29) is 29.4 Å². The van der Waals surface area contributed by atoms with E-state index in [0.29, 0.717) is 0 Å². The van der Waals surface area contributed by atoms with Crippen molar-refractivity contribution in [3.8, 4) is 0 Å². The van der Waals surface area contributed by atoms with Crippen molar-refractivity contribution in [2.45, 2.75) is 26.2 Å². The van der Waals surface area contributed by atoms with Crippen LogP contribution in [0.4, 0.5) is 0 Å². The lowest BCUT2D eigenvalue weighted by Gasteiger charge is -2.13. The van der Waals surface area contributed by atoms with Crippen LogP contribution in [0.25, 0.3) is 5.57 Å². The minimum absolute atomic E-state index is 0. The minimum atomic E-state index is 0. The van der Waals surface area contributed by atoms with E-state index in [2.05, 4.69) is 38.4 Å². The summed E-state index contributed by atoms with van der Waals surface area (Å²) in [5.74, 6) is 0. The van der Waals surface area contributed by atoms with Crippen LogP contribution >= 0.6 is 11.3 Å². The zero-order chi connectivity index (χ0) is 11.8. The molecule has 17 heavy (non-hydrogen) atoms. The van der Waals surface area contributed by atoms with Crippen LogP contribution < -0.4 is 24.0 Å². The molecule has 0 unspecified atom stereocenters. The number of aromatic nitrogens is 1. The minimum Gasteiger partial charge on any atom is -1.00 e. The molecule has 0 N–H and O–H groups in total. The first-order chi connectivity index (χ1) is 7.47. The van der Waals surface area contributed by atoms with E-state index in [1.54, 1.807) is 11.3 Å². The van der Waals surface area contributed by atoms with E-state index in [4.69, 9.17) is 4.98 Å². The Balaban J connectivity index is 0.00000144. The Bertz CT molecular complexity index is 441. The Morgan fingerprint density at radius 2 is 2.12 bits per heavy atom. The molecular weight excluding hydrogens is 343 g/mol. The number of rotatable bonds is 1. The molecule has 4 heteroatoms. The molecule has 0 fully saturated rings. The third-order valence-electron chi connectivity index (χ3n) is 2.55. The van der Waals surface area contributed by atoms with Gasteiger partial charge in [0.15, 0.2) is 17.8 Å². The lowest BCUT2D eigenvalue weighted by Crippen LogP contribution is -3.00. The zero-order valence-corrected chi connectivity index (χ0v) is 13.6. The molecule has 0 saturated carbocycles. The van der Waals surface area contributed by atoms with Crippen LogP contribution in [0.2, 0.25) is 0 Å². The summed E-state index contributed by atoms with van der Waals surface area (Å²) in [7, 11) is 2.02. The zero-order valence-electron chi connectivity index (χ0n) is 10.6.